The van der Waals surface area contributed by atoms with Crippen molar-refractivity contribution < 1.29 is 13.9 Å². The maximum absolute atomic E-state index is 12.5. The molecule has 1 aromatic heterocycles. The second-order valence-corrected chi connectivity index (χ2v) is 7.05. The molecule has 1 amide bonds. The summed E-state index contributed by atoms with van der Waals surface area (Å²) >= 11 is 0. The zero-order valence-corrected chi connectivity index (χ0v) is 14.6. The molecule has 1 aromatic carbocycles. The van der Waals surface area contributed by atoms with E-state index in [1.807, 2.05) is 31.2 Å². The van der Waals surface area contributed by atoms with Crippen LogP contribution in [0.25, 0.3) is 11.1 Å². The molecule has 24 heavy (non-hydrogen) atoms. The Morgan fingerprint density at radius 3 is 2.83 bits per heavy atom. The van der Waals surface area contributed by atoms with Crippen molar-refractivity contribution in [1.29, 1.82) is 0 Å². The molecule has 5 heteroatoms. The molecule has 2 unspecified atom stereocenters. The number of hydrogen-bond donors (Lipinski definition) is 1. The topological polar surface area (TPSA) is 64.4 Å². The van der Waals surface area contributed by atoms with Crippen molar-refractivity contribution in [2.24, 2.45) is 11.3 Å². The average Bonchev–Trinajstić information content (AvgIpc) is 3.04. The van der Waals surface area contributed by atoms with E-state index in [0.717, 1.165) is 17.6 Å². The van der Waals surface area contributed by atoms with Gasteiger partial charge in [-0.2, -0.15) is 4.98 Å². The van der Waals surface area contributed by atoms with Crippen LogP contribution in [0.2, 0.25) is 0 Å². The van der Waals surface area contributed by atoms with Crippen molar-refractivity contribution in [3.63, 3.8) is 0 Å². The lowest BCUT2D eigenvalue weighted by Crippen LogP contribution is -2.37. The van der Waals surface area contributed by atoms with Crippen LogP contribution in [0.3, 0.4) is 0 Å². The van der Waals surface area contributed by atoms with E-state index in [2.05, 4.69) is 37.1 Å². The number of nitrogens with zero attached hydrogens (tertiary/aromatic N) is 1. The summed E-state index contributed by atoms with van der Waals surface area (Å²) in [5.41, 5.74) is 2.44. The first-order valence-corrected chi connectivity index (χ1v) is 8.44. The number of amides is 1. The molecule has 0 radical (unpaired) electrons. The van der Waals surface area contributed by atoms with E-state index in [1.165, 1.54) is 0 Å². The highest BCUT2D eigenvalue weighted by Gasteiger charge is 2.32. The molecule has 0 saturated heterocycles. The van der Waals surface area contributed by atoms with Gasteiger partial charge in [0.2, 0.25) is 0 Å². The monoisotopic (exact) mass is 328 g/mol. The van der Waals surface area contributed by atoms with Crippen molar-refractivity contribution in [2.75, 3.05) is 0 Å². The van der Waals surface area contributed by atoms with Crippen LogP contribution in [0.1, 0.15) is 40.5 Å². The number of aromatic nitrogens is 1. The highest BCUT2D eigenvalue weighted by atomic mass is 16.6. The van der Waals surface area contributed by atoms with E-state index in [4.69, 9.17) is 9.15 Å². The summed E-state index contributed by atoms with van der Waals surface area (Å²) in [4.78, 5) is 16.8. The Morgan fingerprint density at radius 2 is 2.21 bits per heavy atom. The largest absolute Gasteiger partial charge is 0.437 e. The third-order valence-electron chi connectivity index (χ3n) is 4.81. The summed E-state index contributed by atoms with van der Waals surface area (Å²) in [6, 6.07) is 7.42. The smallest absolute Gasteiger partial charge is 0.395 e. The molecule has 0 aliphatic heterocycles. The number of allylic oxidation sites excluding steroid dienone is 2. The van der Waals surface area contributed by atoms with E-state index < -0.39 is 6.10 Å². The lowest BCUT2D eigenvalue weighted by Gasteiger charge is -2.21. The molecule has 1 heterocycles. The Labute approximate surface area is 142 Å². The highest BCUT2D eigenvalue weighted by Crippen LogP contribution is 2.39. The number of fused-ring (bicyclic) bond motifs is 1. The molecule has 128 valence electrons. The number of carbonyl (C=O) groups is 1. The van der Waals surface area contributed by atoms with Gasteiger partial charge in [-0.15, -0.1) is 0 Å². The molecule has 1 aliphatic rings. The van der Waals surface area contributed by atoms with E-state index >= 15 is 0 Å². The maximum Gasteiger partial charge on any atom is 0.395 e. The van der Waals surface area contributed by atoms with Gasteiger partial charge >= 0.3 is 6.08 Å². The first kappa shape index (κ1) is 16.6. The lowest BCUT2D eigenvalue weighted by molar-refractivity contribution is -0.128. The van der Waals surface area contributed by atoms with Gasteiger partial charge < -0.3 is 14.5 Å². The number of benzene rings is 1. The van der Waals surface area contributed by atoms with Crippen molar-refractivity contribution in [2.45, 2.75) is 46.6 Å². The summed E-state index contributed by atoms with van der Waals surface area (Å²) in [6.45, 7) is 8.47. The Bertz CT molecular complexity index is 743. The number of rotatable bonds is 5. The van der Waals surface area contributed by atoms with Crippen LogP contribution >= 0.6 is 0 Å². The molecule has 5 nitrogen and oxygen atoms in total. The average molecular weight is 328 g/mol. The fraction of sp³-hybridized carbons (Fsp3) is 0.474. The molecule has 2 atom stereocenters. The molecule has 3 rings (SSSR count). The molecule has 2 aromatic rings. The number of oxazole rings is 1. The molecule has 1 aliphatic carbocycles. The normalized spacial score (nSPS) is 20.7. The van der Waals surface area contributed by atoms with Crippen molar-refractivity contribution in [3.05, 3.63) is 36.0 Å². The number of para-hydroxylation sites is 2. The molecule has 0 spiro atoms. The first-order valence-electron chi connectivity index (χ1n) is 8.44. The van der Waals surface area contributed by atoms with E-state index in [9.17, 15) is 4.79 Å². The minimum absolute atomic E-state index is 0.103. The predicted molar refractivity (Wildman–Crippen MR) is 92.5 cm³/mol. The fourth-order valence-corrected chi connectivity index (χ4v) is 2.91. The minimum atomic E-state index is -0.627. The van der Waals surface area contributed by atoms with E-state index in [-0.39, 0.29) is 17.4 Å². The summed E-state index contributed by atoms with van der Waals surface area (Å²) in [5, 5.41) is 3.00. The van der Waals surface area contributed by atoms with Gasteiger partial charge in [-0.1, -0.05) is 45.9 Å². The molecule has 1 N–H and O–H groups in total. The van der Waals surface area contributed by atoms with Crippen LogP contribution < -0.4 is 10.1 Å². The number of carbonyl (C=O) groups excluding carboxylic acids is 1. The van der Waals surface area contributed by atoms with Crippen LogP contribution in [-0.4, -0.2) is 17.0 Å². The van der Waals surface area contributed by atoms with Gasteiger partial charge in [-0.05, 0) is 36.3 Å². The zero-order chi connectivity index (χ0) is 17.3. The van der Waals surface area contributed by atoms with Gasteiger partial charge in [0, 0.05) is 5.70 Å². The third-order valence-corrected chi connectivity index (χ3v) is 4.81. The summed E-state index contributed by atoms with van der Waals surface area (Å²) in [7, 11) is 0. The second-order valence-electron chi connectivity index (χ2n) is 7.05. The van der Waals surface area contributed by atoms with Crippen molar-refractivity contribution in [3.8, 4) is 6.08 Å². The van der Waals surface area contributed by atoms with Crippen LogP contribution in [-0.2, 0) is 4.79 Å². The predicted octanol–water partition coefficient (Wildman–Crippen LogP) is 4.05. The minimum Gasteiger partial charge on any atom is -0.437 e. The highest BCUT2D eigenvalue weighted by molar-refractivity contribution is 5.82. The SMILES string of the molecule is CCC(Oc1nc2ccccc2o1)C(=O)NC1=CC(C)(C)C(C)C1. The first-order chi connectivity index (χ1) is 11.4. The molecule has 0 saturated carbocycles. The van der Waals surface area contributed by atoms with Gasteiger partial charge in [0.15, 0.2) is 11.7 Å². The maximum atomic E-state index is 12.5. The number of nitrogens with one attached hydrogen (secondary N) is 1. The van der Waals surface area contributed by atoms with E-state index in [0.29, 0.717) is 17.9 Å². The van der Waals surface area contributed by atoms with Crippen molar-refractivity contribution >= 4 is 17.0 Å². The third kappa shape index (κ3) is 3.30. The van der Waals surface area contributed by atoms with Gasteiger partial charge in [0.1, 0.15) is 5.52 Å². The number of hydrogen-bond acceptors (Lipinski definition) is 4. The summed E-state index contributed by atoms with van der Waals surface area (Å²) < 4.78 is 11.2. The second kappa shape index (κ2) is 6.30. The van der Waals surface area contributed by atoms with Gasteiger partial charge in [0.05, 0.1) is 0 Å². The Balaban J connectivity index is 1.68. The van der Waals surface area contributed by atoms with Gasteiger partial charge in [-0.25, -0.2) is 0 Å². The van der Waals surface area contributed by atoms with Crippen LogP contribution in [0.5, 0.6) is 6.08 Å². The molecular formula is C19H24N2O3. The Morgan fingerprint density at radius 1 is 1.46 bits per heavy atom. The zero-order valence-electron chi connectivity index (χ0n) is 14.6. The van der Waals surface area contributed by atoms with Gasteiger partial charge in [-0.3, -0.25) is 4.79 Å². The van der Waals surface area contributed by atoms with E-state index in [1.54, 1.807) is 0 Å². The summed E-state index contributed by atoms with van der Waals surface area (Å²) in [5.74, 6) is 0.349. The van der Waals surface area contributed by atoms with Crippen molar-refractivity contribution in [1.82, 2.24) is 10.3 Å². The number of ether oxygens (including phenoxy) is 1. The molecule has 0 fully saturated rings. The fourth-order valence-electron chi connectivity index (χ4n) is 2.91. The quantitative estimate of drug-likeness (QED) is 0.899. The molecule has 0 bridgehead atoms. The molecular weight excluding hydrogens is 304 g/mol. The summed E-state index contributed by atoms with van der Waals surface area (Å²) in [6.07, 6.45) is 3.06. The lowest BCUT2D eigenvalue weighted by atomic mass is 9.84. The standard InChI is InChI=1S/C19H24N2O3/c1-5-15(17(22)20-13-10-12(2)19(3,4)11-13)23-18-21-14-8-6-7-9-16(14)24-18/h6-9,11-12,15H,5,10H2,1-4H3,(H,20,22). The van der Waals surface area contributed by atoms with Crippen LogP contribution in [0.4, 0.5) is 0 Å². The van der Waals surface area contributed by atoms with Crippen LogP contribution in [0.15, 0.2) is 40.5 Å². The van der Waals surface area contributed by atoms with Gasteiger partial charge in [0.25, 0.3) is 5.91 Å². The Hall–Kier alpha value is -2.30. The Kier molecular flexibility index (Phi) is 4.35. The van der Waals surface area contributed by atoms with Crippen LogP contribution in [0, 0.1) is 11.3 Å².